The number of para-hydroxylation sites is 1. The van der Waals surface area contributed by atoms with Crippen LogP contribution in [0.25, 0.3) is 10.9 Å². The first-order valence-corrected chi connectivity index (χ1v) is 40.4. The van der Waals surface area contributed by atoms with Crippen LogP contribution in [-0.2, 0) is 91.2 Å². The average molecular weight is 1680 g/mol. The van der Waals surface area contributed by atoms with Crippen molar-refractivity contribution in [1.29, 1.82) is 0 Å². The Labute approximate surface area is 690 Å². The lowest BCUT2D eigenvalue weighted by molar-refractivity contribution is -0.142. The number of fused-ring (bicyclic) bond motifs is 1. The number of aromatic amines is 2. The van der Waals surface area contributed by atoms with Gasteiger partial charge in [0.2, 0.25) is 82.7 Å². The van der Waals surface area contributed by atoms with Crippen LogP contribution >= 0.6 is 11.8 Å². The number of aromatic hydroxyl groups is 1. The van der Waals surface area contributed by atoms with E-state index in [1.807, 2.05) is 0 Å². The molecule has 2 aromatic heterocycles. The Morgan fingerprint density at radius 3 is 1.73 bits per heavy atom. The predicted octanol–water partition coefficient (Wildman–Crippen LogP) is -4.19. The number of carbonyl (C=O) groups excluding carboxylic acids is 14. The molecular formula is C78H111N21O19S. The van der Waals surface area contributed by atoms with E-state index in [-0.39, 0.29) is 93.7 Å². The number of aliphatic imine (C=N–C) groups is 1. The zero-order chi connectivity index (χ0) is 87.4. The lowest BCUT2D eigenvalue weighted by Gasteiger charge is -2.30. The highest BCUT2D eigenvalue weighted by Crippen LogP contribution is 2.25. The molecule has 3 aromatic carbocycles. The number of nitrogens with one attached hydrogen (secondary N) is 14. The summed E-state index contributed by atoms with van der Waals surface area (Å²) in [6.45, 7) is 3.72. The largest absolute Gasteiger partial charge is 0.508 e. The molecule has 41 heteroatoms. The highest BCUT2D eigenvalue weighted by Gasteiger charge is 2.41. The summed E-state index contributed by atoms with van der Waals surface area (Å²) in [7, 11) is 0. The summed E-state index contributed by atoms with van der Waals surface area (Å²) < 4.78 is 0. The van der Waals surface area contributed by atoms with Gasteiger partial charge >= 0.3 is 5.97 Å². The first kappa shape index (κ1) is 95.6. The fourth-order valence-electron chi connectivity index (χ4n) is 13.2. The van der Waals surface area contributed by atoms with Crippen LogP contribution in [0.2, 0.25) is 0 Å². The third kappa shape index (κ3) is 30.6. The number of benzene rings is 3. The molecule has 1 saturated heterocycles. The Hall–Kier alpha value is -12.2. The van der Waals surface area contributed by atoms with Crippen molar-refractivity contribution in [3.05, 3.63) is 120 Å². The summed E-state index contributed by atoms with van der Waals surface area (Å²) in [6.07, 6.45) is 4.93. The van der Waals surface area contributed by atoms with Crippen LogP contribution < -0.4 is 86.7 Å². The molecule has 1 aliphatic rings. The maximum absolute atomic E-state index is 15.4. The average Bonchev–Trinajstić information content (AvgIpc) is 1.74. The van der Waals surface area contributed by atoms with Crippen molar-refractivity contribution in [3.63, 3.8) is 0 Å². The second-order valence-corrected chi connectivity index (χ2v) is 30.0. The van der Waals surface area contributed by atoms with E-state index in [9.17, 15) is 78.0 Å². The van der Waals surface area contributed by atoms with Crippen molar-refractivity contribution >= 4 is 117 Å². The van der Waals surface area contributed by atoms with Crippen molar-refractivity contribution in [2.45, 2.75) is 190 Å². The number of carbonyl (C=O) groups is 15. The molecule has 1 fully saturated rings. The number of primary amides is 1. The van der Waals surface area contributed by atoms with Gasteiger partial charge < -0.3 is 122 Å². The monoisotopic (exact) mass is 1680 g/mol. The fourth-order valence-corrected chi connectivity index (χ4v) is 13.7. The number of likely N-dealkylation sites (tertiary alicyclic amines) is 1. The Morgan fingerprint density at radius 1 is 0.588 bits per heavy atom. The summed E-state index contributed by atoms with van der Waals surface area (Å²) >= 11 is 1.23. The fraction of sp³-hybridized carbons (Fsp3) is 0.500. The molecule has 14 amide bonds. The molecule has 648 valence electrons. The van der Waals surface area contributed by atoms with Crippen molar-refractivity contribution in [2.75, 3.05) is 51.4 Å². The van der Waals surface area contributed by atoms with Gasteiger partial charge in [-0.3, -0.25) is 76.9 Å². The number of hydrogen-bond donors (Lipinski definition) is 22. The number of hydrogen-bond acceptors (Lipinski definition) is 22. The zero-order valence-electron chi connectivity index (χ0n) is 66.9. The number of phenols is 1. The number of imidazole rings is 1. The second-order valence-electron chi connectivity index (χ2n) is 29.0. The van der Waals surface area contributed by atoms with E-state index < -0.39 is 206 Å². The number of unbranched alkanes of at least 4 members (excludes halogenated alkanes) is 1. The molecule has 0 aliphatic carbocycles. The molecule has 13 atom stereocenters. The topological polar surface area (TPSA) is 645 Å². The summed E-state index contributed by atoms with van der Waals surface area (Å²) in [5.41, 5.74) is 25.0. The van der Waals surface area contributed by atoms with Crippen LogP contribution in [0.5, 0.6) is 5.75 Å². The quantitative estimate of drug-likeness (QED) is 0.00997. The van der Waals surface area contributed by atoms with Gasteiger partial charge in [0, 0.05) is 74.9 Å². The molecule has 40 nitrogen and oxygen atoms in total. The van der Waals surface area contributed by atoms with Gasteiger partial charge in [0.1, 0.15) is 78.3 Å². The Morgan fingerprint density at radius 2 is 1.14 bits per heavy atom. The van der Waals surface area contributed by atoms with Crippen LogP contribution in [0.1, 0.15) is 120 Å². The molecule has 6 rings (SSSR count). The molecule has 0 bridgehead atoms. The number of aliphatic hydroxyl groups excluding tert-OH is 2. The van der Waals surface area contributed by atoms with E-state index in [2.05, 4.69) is 83.7 Å². The Kier molecular flexibility index (Phi) is 38.9. The van der Waals surface area contributed by atoms with E-state index in [0.717, 1.165) is 6.92 Å². The van der Waals surface area contributed by atoms with E-state index >= 15 is 14.4 Å². The number of guanidine groups is 1. The first-order chi connectivity index (χ1) is 56.7. The molecule has 3 heterocycles. The number of carboxylic acids is 1. The van der Waals surface area contributed by atoms with Gasteiger partial charge in [0.15, 0.2) is 5.96 Å². The number of carboxylic acid groups (broad SMARTS) is 1. The molecule has 119 heavy (non-hydrogen) atoms. The number of thioether (sulfide) groups is 1. The summed E-state index contributed by atoms with van der Waals surface area (Å²) in [5, 5.41) is 71.6. The number of aliphatic carboxylic acids is 1. The third-order valence-corrected chi connectivity index (χ3v) is 20.3. The summed E-state index contributed by atoms with van der Waals surface area (Å²) in [4.78, 5) is 225. The van der Waals surface area contributed by atoms with Gasteiger partial charge in [-0.1, -0.05) is 81.4 Å². The number of rotatable bonds is 50. The SMILES string of the molecule is CSCC[C@H](NC(=O)[C@H](CO)NC(=O)[C@H](Cc1ccc(O)cc1)NC(=O)[C@H](CO)NC(C)=O)C(=O)N[C@@H](CCC(=O)O)C(=O)N[C@@H](Cc1c[nH]cn1)C(=O)N[C@H](C(=O)N[C@@H](CCCN=C(N)N)C(=O)N[C@@H](Cc1c[nH]c2ccccc12)C(=O)NCC(=O)N[C@@H](CCCCN)C(=O)N1CCC[C@H]1C(=O)N[C@H](C(N)=O)C(C)C)[C@@H](C)c1ccccc1. The molecule has 5 aromatic rings. The first-order valence-electron chi connectivity index (χ1n) is 39.0. The van der Waals surface area contributed by atoms with Crippen molar-refractivity contribution in [1.82, 2.24) is 83.7 Å². The molecule has 0 unspecified atom stereocenters. The maximum Gasteiger partial charge on any atom is 0.303 e. The molecule has 26 N–H and O–H groups in total. The molecule has 0 spiro atoms. The van der Waals surface area contributed by atoms with Gasteiger partial charge in [-0.2, -0.15) is 11.8 Å². The van der Waals surface area contributed by atoms with Crippen LogP contribution in [-0.4, -0.2) is 259 Å². The maximum atomic E-state index is 15.4. The van der Waals surface area contributed by atoms with Gasteiger partial charge in [-0.15, -0.1) is 0 Å². The standard InChI is InChI=1S/C78H111N21O19S/c1-42(2)64(66(80)107)97-75(116)61-21-14-31-99(61)77(118)55(19-11-12-29-79)89-62(104)38-86-67(108)57(34-47-36-85-51-18-10-9-17-50(47)51)94-68(109)52(20-13-30-84-78(81)82)92-76(117)65(43(3)46-15-7-6-8-16-46)98-72(113)58(35-48-37-83-41-87-48)95-69(110)53(26-27-63(105)106)90-70(111)54(28-32-119-5)91-74(115)60(40-101)96-71(112)56(33-45-22-24-49(103)25-23-45)93-73(114)59(39-100)88-44(4)102/h6-10,15-18,22-25,36-37,41-43,52-61,64-65,85,100-101,103H,11-14,19-21,26-35,38-40,79H2,1-5H3,(H2,80,107)(H,83,87)(H,86,108)(H,88,102)(H,89,104)(H,90,111)(H,91,115)(H,92,117)(H,93,114)(H,94,109)(H,95,110)(H,96,112)(H,97,116)(H,98,113)(H,105,106)(H4,81,82,84)/t43-,52-,53-,54-,55-,56-,57-,58-,59-,60-,61-,64-,65-/m0/s1. The van der Waals surface area contributed by atoms with E-state index in [1.54, 1.807) is 87.8 Å². The van der Waals surface area contributed by atoms with Gasteiger partial charge in [-0.25, -0.2) is 4.98 Å². The predicted molar refractivity (Wildman–Crippen MR) is 437 cm³/mol. The second kappa shape index (κ2) is 48.5. The highest BCUT2D eigenvalue weighted by atomic mass is 32.2. The Bertz CT molecular complexity index is 4300. The molecule has 1 aliphatic heterocycles. The van der Waals surface area contributed by atoms with Crippen molar-refractivity contribution < 1.29 is 92.3 Å². The minimum absolute atomic E-state index is 0.0218. The van der Waals surface area contributed by atoms with Gasteiger partial charge in [-0.05, 0) is 117 Å². The number of nitrogens with zero attached hydrogens (tertiary/aromatic N) is 3. The van der Waals surface area contributed by atoms with Gasteiger partial charge in [0.05, 0.1) is 31.8 Å². The normalized spacial score (nSPS) is 15.5. The minimum Gasteiger partial charge on any atom is -0.508 e. The highest BCUT2D eigenvalue weighted by molar-refractivity contribution is 7.98. The molecule has 0 radical (unpaired) electrons. The Balaban J connectivity index is 1.27. The molecule has 0 saturated carbocycles. The minimum atomic E-state index is -1.84. The van der Waals surface area contributed by atoms with Crippen LogP contribution in [0, 0.1) is 5.92 Å². The summed E-state index contributed by atoms with van der Waals surface area (Å²) in [5.74, 6) is -15.8. The van der Waals surface area contributed by atoms with E-state index in [1.165, 1.54) is 53.5 Å². The number of aliphatic hydroxyl groups is 2. The number of H-pyrrole nitrogens is 2. The lowest BCUT2D eigenvalue weighted by atomic mass is 9.91. The zero-order valence-corrected chi connectivity index (χ0v) is 67.8. The lowest BCUT2D eigenvalue weighted by Crippen LogP contribution is -2.61. The number of phenolic OH excluding ortho intramolecular Hbond substituents is 1. The van der Waals surface area contributed by atoms with E-state index in [4.69, 9.17) is 22.9 Å². The number of nitrogens with two attached hydrogens (primary N) is 4. The van der Waals surface area contributed by atoms with E-state index in [0.29, 0.717) is 46.9 Å². The number of amides is 14. The third-order valence-electron chi connectivity index (χ3n) is 19.7. The van der Waals surface area contributed by atoms with Crippen LogP contribution in [0.4, 0.5) is 0 Å². The van der Waals surface area contributed by atoms with Crippen molar-refractivity contribution in [3.8, 4) is 5.75 Å². The van der Waals surface area contributed by atoms with Crippen LogP contribution in [0.15, 0.2) is 103 Å². The number of aromatic nitrogens is 3. The van der Waals surface area contributed by atoms with Gasteiger partial charge in [0.25, 0.3) is 0 Å². The molecular weight excluding hydrogens is 1570 g/mol. The van der Waals surface area contributed by atoms with Crippen molar-refractivity contribution in [2.24, 2.45) is 33.8 Å². The smallest absolute Gasteiger partial charge is 0.303 e. The van der Waals surface area contributed by atoms with Crippen LogP contribution in [0.3, 0.4) is 0 Å². The summed E-state index contributed by atoms with van der Waals surface area (Å²) in [6, 6.07) is 2.93.